The summed E-state index contributed by atoms with van der Waals surface area (Å²) in [5.41, 5.74) is 6.01. The van der Waals surface area contributed by atoms with E-state index in [0.29, 0.717) is 0 Å². The molecule has 3 heteroatoms. The first kappa shape index (κ1) is 7.31. The van der Waals surface area contributed by atoms with Gasteiger partial charge in [-0.1, -0.05) is 12.1 Å². The largest absolute Gasteiger partial charge is 0.349 e. The monoisotopic (exact) mass is 162 g/mol. The lowest BCUT2D eigenvalue weighted by Gasteiger charge is -1.92. The Morgan fingerprint density at radius 2 is 2.17 bits per heavy atom. The van der Waals surface area contributed by atoms with Crippen molar-refractivity contribution >= 4 is 11.0 Å². The van der Waals surface area contributed by atoms with Gasteiger partial charge in [-0.3, -0.25) is 0 Å². The third-order valence-corrected chi connectivity index (χ3v) is 1.87. The normalized spacial score (nSPS) is 13.5. The number of aromatic amines is 1. The van der Waals surface area contributed by atoms with Gasteiger partial charge in [0, 0.05) is 0 Å². The zero-order valence-electron chi connectivity index (χ0n) is 7.04. The molecule has 0 aliphatic rings. The molecule has 0 spiro atoms. The molecule has 0 fully saturated rings. The Labute approximate surface area is 70.6 Å². The number of fused-ring (bicyclic) bond motifs is 1. The Morgan fingerprint density at radius 3 is 2.83 bits per heavy atom. The van der Waals surface area contributed by atoms with E-state index in [1.807, 2.05) is 31.2 Å². The minimum atomic E-state index is 0.220. The predicted octanol–water partition coefficient (Wildman–Crippen LogP) is 0.866. The number of rotatable bonds is 1. The van der Waals surface area contributed by atoms with Gasteiger partial charge in [0.2, 0.25) is 0 Å². The second-order valence-electron chi connectivity index (χ2n) is 3.04. The Kier molecular flexibility index (Phi) is 1.59. The summed E-state index contributed by atoms with van der Waals surface area (Å²) in [4.78, 5) is 7.62. The average molecular weight is 162 g/mol. The molecular formula is C9H12N3+. The van der Waals surface area contributed by atoms with Crippen molar-refractivity contribution in [2.45, 2.75) is 13.0 Å². The van der Waals surface area contributed by atoms with Crippen LogP contribution >= 0.6 is 0 Å². The second-order valence-corrected chi connectivity index (χ2v) is 3.04. The molecule has 0 unspecified atom stereocenters. The highest BCUT2D eigenvalue weighted by Gasteiger charge is 2.07. The molecule has 0 saturated heterocycles. The van der Waals surface area contributed by atoms with Crippen molar-refractivity contribution in [1.82, 2.24) is 9.97 Å². The van der Waals surface area contributed by atoms with Crippen LogP contribution in [0.25, 0.3) is 11.0 Å². The molecule has 0 bridgehead atoms. The van der Waals surface area contributed by atoms with Crippen LogP contribution in [0.15, 0.2) is 24.3 Å². The van der Waals surface area contributed by atoms with E-state index >= 15 is 0 Å². The summed E-state index contributed by atoms with van der Waals surface area (Å²) in [6, 6.07) is 8.22. The van der Waals surface area contributed by atoms with Gasteiger partial charge in [-0.15, -0.1) is 0 Å². The van der Waals surface area contributed by atoms with Crippen LogP contribution in [0, 0.1) is 0 Å². The maximum atomic E-state index is 4.39. The van der Waals surface area contributed by atoms with Crippen molar-refractivity contribution < 1.29 is 5.73 Å². The number of para-hydroxylation sites is 2. The summed E-state index contributed by atoms with van der Waals surface area (Å²) in [6.45, 7) is 2.03. The molecule has 0 radical (unpaired) electrons. The number of quaternary nitrogens is 1. The van der Waals surface area contributed by atoms with Gasteiger partial charge in [0.05, 0.1) is 11.0 Å². The Bertz CT molecular complexity index is 356. The minimum Gasteiger partial charge on any atom is -0.349 e. The molecule has 0 amide bonds. The lowest BCUT2D eigenvalue weighted by Crippen LogP contribution is -2.52. The summed E-state index contributed by atoms with van der Waals surface area (Å²) >= 11 is 0. The van der Waals surface area contributed by atoms with Gasteiger partial charge in [0.25, 0.3) is 0 Å². The smallest absolute Gasteiger partial charge is 0.165 e. The lowest BCUT2D eigenvalue weighted by atomic mass is 10.3. The quantitative estimate of drug-likeness (QED) is 0.642. The van der Waals surface area contributed by atoms with Gasteiger partial charge in [0.15, 0.2) is 5.82 Å². The van der Waals surface area contributed by atoms with Gasteiger partial charge >= 0.3 is 0 Å². The number of imidazole rings is 1. The number of hydrogen-bond acceptors (Lipinski definition) is 1. The fourth-order valence-electron chi connectivity index (χ4n) is 1.21. The van der Waals surface area contributed by atoms with Crippen LogP contribution in [0.5, 0.6) is 0 Å². The Hall–Kier alpha value is -1.35. The van der Waals surface area contributed by atoms with Crippen LogP contribution in [0.2, 0.25) is 0 Å². The molecule has 0 aliphatic carbocycles. The molecular weight excluding hydrogens is 150 g/mol. The van der Waals surface area contributed by atoms with Crippen molar-refractivity contribution in [3.05, 3.63) is 30.1 Å². The van der Waals surface area contributed by atoms with Crippen LogP contribution in [-0.4, -0.2) is 9.97 Å². The summed E-state index contributed by atoms with van der Waals surface area (Å²) in [5.74, 6) is 0.955. The first-order valence-electron chi connectivity index (χ1n) is 4.05. The number of nitrogens with one attached hydrogen (secondary N) is 1. The maximum Gasteiger partial charge on any atom is 0.165 e. The van der Waals surface area contributed by atoms with Crippen LogP contribution < -0.4 is 5.73 Å². The summed E-state index contributed by atoms with van der Waals surface area (Å²) < 4.78 is 0. The van der Waals surface area contributed by atoms with E-state index < -0.39 is 0 Å². The number of H-pyrrole nitrogens is 1. The van der Waals surface area contributed by atoms with Crippen LogP contribution in [0.4, 0.5) is 0 Å². The van der Waals surface area contributed by atoms with Crippen molar-refractivity contribution in [3.8, 4) is 0 Å². The van der Waals surface area contributed by atoms with Crippen molar-refractivity contribution in [2.24, 2.45) is 0 Å². The van der Waals surface area contributed by atoms with E-state index in [-0.39, 0.29) is 6.04 Å². The summed E-state index contributed by atoms with van der Waals surface area (Å²) in [5, 5.41) is 0. The molecule has 1 aromatic carbocycles. The van der Waals surface area contributed by atoms with Crippen molar-refractivity contribution in [2.75, 3.05) is 0 Å². The molecule has 62 valence electrons. The predicted molar refractivity (Wildman–Crippen MR) is 47.4 cm³/mol. The molecule has 1 atom stereocenters. The van der Waals surface area contributed by atoms with E-state index in [0.717, 1.165) is 16.9 Å². The highest BCUT2D eigenvalue weighted by atomic mass is 15.0. The molecule has 1 heterocycles. The van der Waals surface area contributed by atoms with E-state index in [9.17, 15) is 0 Å². The van der Waals surface area contributed by atoms with Crippen LogP contribution in [0.3, 0.4) is 0 Å². The number of aromatic nitrogens is 2. The molecule has 3 nitrogen and oxygen atoms in total. The minimum absolute atomic E-state index is 0.220. The average Bonchev–Trinajstić information content (AvgIpc) is 2.46. The highest BCUT2D eigenvalue weighted by Crippen LogP contribution is 2.12. The van der Waals surface area contributed by atoms with Gasteiger partial charge in [-0.2, -0.15) is 0 Å². The van der Waals surface area contributed by atoms with Crippen LogP contribution in [-0.2, 0) is 0 Å². The molecule has 2 rings (SSSR count). The van der Waals surface area contributed by atoms with Gasteiger partial charge in [-0.25, -0.2) is 4.98 Å². The molecule has 4 N–H and O–H groups in total. The number of nitrogens with zero attached hydrogens (tertiary/aromatic N) is 1. The van der Waals surface area contributed by atoms with Crippen molar-refractivity contribution in [3.63, 3.8) is 0 Å². The standard InChI is InChI=1S/C9H11N3/c1-6(10)9-11-7-4-2-3-5-8(7)12-9/h2-6H,10H2,1H3,(H,11,12)/p+1/t6-/m1/s1. The Balaban J connectivity index is 2.62. The van der Waals surface area contributed by atoms with Gasteiger partial charge in [0.1, 0.15) is 6.04 Å². The number of hydrogen-bond donors (Lipinski definition) is 2. The van der Waals surface area contributed by atoms with E-state index in [2.05, 4.69) is 15.7 Å². The molecule has 0 aliphatic heterocycles. The second kappa shape index (κ2) is 2.60. The Morgan fingerprint density at radius 1 is 1.42 bits per heavy atom. The number of benzene rings is 1. The fourth-order valence-corrected chi connectivity index (χ4v) is 1.21. The van der Waals surface area contributed by atoms with E-state index in [4.69, 9.17) is 0 Å². The zero-order valence-corrected chi connectivity index (χ0v) is 7.04. The lowest BCUT2D eigenvalue weighted by molar-refractivity contribution is -0.422. The molecule has 2 aromatic rings. The highest BCUT2D eigenvalue weighted by molar-refractivity contribution is 5.74. The molecule has 12 heavy (non-hydrogen) atoms. The van der Waals surface area contributed by atoms with Crippen LogP contribution in [0.1, 0.15) is 18.8 Å². The maximum absolute atomic E-state index is 4.39. The fraction of sp³-hybridized carbons (Fsp3) is 0.222. The summed E-state index contributed by atoms with van der Waals surface area (Å²) in [7, 11) is 0. The summed E-state index contributed by atoms with van der Waals surface area (Å²) in [6.07, 6.45) is 0. The third kappa shape index (κ3) is 1.08. The third-order valence-electron chi connectivity index (χ3n) is 1.87. The topological polar surface area (TPSA) is 56.3 Å². The van der Waals surface area contributed by atoms with Gasteiger partial charge < -0.3 is 10.7 Å². The first-order chi connectivity index (χ1) is 5.77. The van der Waals surface area contributed by atoms with Gasteiger partial charge in [-0.05, 0) is 19.1 Å². The SMILES string of the molecule is C[C@@H]([NH3+])c1nc2ccccc2[nH]1. The first-order valence-corrected chi connectivity index (χ1v) is 4.05. The molecule has 0 saturated carbocycles. The van der Waals surface area contributed by atoms with E-state index in [1.165, 1.54) is 0 Å². The molecule has 1 aromatic heterocycles. The van der Waals surface area contributed by atoms with Crippen molar-refractivity contribution in [1.29, 1.82) is 0 Å². The zero-order chi connectivity index (χ0) is 8.55. The van der Waals surface area contributed by atoms with E-state index in [1.54, 1.807) is 0 Å².